The number of amides is 1. The van der Waals surface area contributed by atoms with Crippen LogP contribution in [0.2, 0.25) is 0 Å². The van der Waals surface area contributed by atoms with Gasteiger partial charge in [0, 0.05) is 24.5 Å². The fraction of sp³-hybridized carbons (Fsp3) is 0.333. The summed E-state index contributed by atoms with van der Waals surface area (Å²) in [6.07, 6.45) is 2.56. The molecule has 2 aromatic carbocycles. The smallest absolute Gasteiger partial charge is 0.226 e. The molecule has 1 aliphatic heterocycles. The minimum atomic E-state index is -0.00406. The number of aromatic nitrogens is 1. The van der Waals surface area contributed by atoms with Crippen molar-refractivity contribution >= 4 is 16.9 Å². The molecule has 5 heteroatoms. The molecule has 0 radical (unpaired) electrons. The van der Waals surface area contributed by atoms with Crippen LogP contribution in [0.5, 0.6) is 0 Å². The molecule has 2 heterocycles. The van der Waals surface area contributed by atoms with Gasteiger partial charge < -0.3 is 9.84 Å². The molecule has 1 fully saturated rings. The molecule has 1 saturated heterocycles. The Morgan fingerprint density at radius 3 is 2.85 bits per heavy atom. The van der Waals surface area contributed by atoms with Crippen LogP contribution in [0, 0.1) is 0 Å². The van der Waals surface area contributed by atoms with Crippen molar-refractivity contribution in [1.82, 2.24) is 15.4 Å². The lowest BCUT2D eigenvalue weighted by Gasteiger charge is -2.24. The fourth-order valence-corrected chi connectivity index (χ4v) is 3.66. The van der Waals surface area contributed by atoms with Gasteiger partial charge in [0.05, 0.1) is 6.42 Å². The molecule has 1 N–H and O–H groups in total. The monoisotopic (exact) mass is 349 g/mol. The molecular weight excluding hydrogens is 326 g/mol. The van der Waals surface area contributed by atoms with Gasteiger partial charge in [-0.2, -0.15) is 0 Å². The number of hydrogen-bond acceptors (Lipinski definition) is 4. The Hall–Kier alpha value is -2.66. The number of hydrogen-bond donors (Lipinski definition) is 1. The van der Waals surface area contributed by atoms with Gasteiger partial charge in [-0.3, -0.25) is 9.69 Å². The summed E-state index contributed by atoms with van der Waals surface area (Å²) in [7, 11) is 0. The van der Waals surface area contributed by atoms with Crippen LogP contribution in [0.3, 0.4) is 0 Å². The van der Waals surface area contributed by atoms with Crippen LogP contribution in [0.4, 0.5) is 0 Å². The Balaban J connectivity index is 1.32. The molecule has 0 bridgehead atoms. The van der Waals surface area contributed by atoms with E-state index >= 15 is 0 Å². The average molecular weight is 349 g/mol. The van der Waals surface area contributed by atoms with Crippen molar-refractivity contribution in [2.45, 2.75) is 31.8 Å². The van der Waals surface area contributed by atoms with Gasteiger partial charge in [0.2, 0.25) is 5.91 Å². The molecular formula is C21H23N3O2. The summed E-state index contributed by atoms with van der Waals surface area (Å²) in [6.45, 7) is 2.71. The normalized spacial score (nSPS) is 17.6. The molecule has 1 atom stereocenters. The maximum absolute atomic E-state index is 12.4. The minimum absolute atomic E-state index is 0.00406. The first-order valence-corrected chi connectivity index (χ1v) is 9.17. The highest BCUT2D eigenvalue weighted by Crippen LogP contribution is 2.20. The summed E-state index contributed by atoms with van der Waals surface area (Å²) in [4.78, 5) is 14.8. The molecule has 1 unspecified atom stereocenters. The SMILES string of the molecule is O=C(Cc1noc2ccccc12)NCC1CCCN1Cc1ccccc1. The quantitative estimate of drug-likeness (QED) is 0.743. The zero-order chi connectivity index (χ0) is 17.8. The second kappa shape index (κ2) is 7.70. The average Bonchev–Trinajstić information content (AvgIpc) is 3.28. The lowest BCUT2D eigenvalue weighted by Crippen LogP contribution is -2.40. The Morgan fingerprint density at radius 1 is 1.15 bits per heavy atom. The van der Waals surface area contributed by atoms with Crippen LogP contribution in [-0.2, 0) is 17.8 Å². The first-order chi connectivity index (χ1) is 12.8. The van der Waals surface area contributed by atoms with E-state index in [1.165, 1.54) is 12.0 Å². The van der Waals surface area contributed by atoms with Crippen LogP contribution in [-0.4, -0.2) is 35.1 Å². The van der Waals surface area contributed by atoms with Crippen LogP contribution < -0.4 is 5.32 Å². The molecule has 0 aliphatic carbocycles. The highest BCUT2D eigenvalue weighted by atomic mass is 16.5. The Labute approximate surface area is 153 Å². The molecule has 3 aromatic rings. The number of rotatable bonds is 6. The van der Waals surface area contributed by atoms with Crippen LogP contribution in [0.25, 0.3) is 11.0 Å². The van der Waals surface area contributed by atoms with Gasteiger partial charge in [-0.25, -0.2) is 0 Å². The first kappa shape index (κ1) is 16.8. The molecule has 1 amide bonds. The molecule has 1 aromatic heterocycles. The van der Waals surface area contributed by atoms with Gasteiger partial charge in [0.15, 0.2) is 5.58 Å². The summed E-state index contributed by atoms with van der Waals surface area (Å²) in [5, 5.41) is 8.03. The Morgan fingerprint density at radius 2 is 1.96 bits per heavy atom. The lowest BCUT2D eigenvalue weighted by molar-refractivity contribution is -0.120. The van der Waals surface area contributed by atoms with Gasteiger partial charge in [0.1, 0.15) is 5.69 Å². The summed E-state index contributed by atoms with van der Waals surface area (Å²) in [5.41, 5.74) is 2.74. The van der Waals surface area contributed by atoms with Gasteiger partial charge in [-0.05, 0) is 37.1 Å². The molecule has 26 heavy (non-hydrogen) atoms. The maximum Gasteiger partial charge on any atom is 0.226 e. The first-order valence-electron chi connectivity index (χ1n) is 9.17. The van der Waals surface area contributed by atoms with Crippen LogP contribution in [0.15, 0.2) is 59.1 Å². The van der Waals surface area contributed by atoms with E-state index in [-0.39, 0.29) is 12.3 Å². The largest absolute Gasteiger partial charge is 0.356 e. The number of fused-ring (bicyclic) bond motifs is 1. The standard InChI is InChI=1S/C21H23N3O2/c25-21(13-19-18-10-4-5-11-20(18)26-23-19)22-14-17-9-6-12-24(17)15-16-7-2-1-3-8-16/h1-5,7-8,10-11,17H,6,9,12-15H2,(H,22,25). The van der Waals surface area contributed by atoms with Crippen LogP contribution >= 0.6 is 0 Å². The zero-order valence-corrected chi connectivity index (χ0v) is 14.7. The van der Waals surface area contributed by atoms with E-state index in [9.17, 15) is 4.79 Å². The summed E-state index contributed by atoms with van der Waals surface area (Å²) >= 11 is 0. The number of carbonyl (C=O) groups is 1. The highest BCUT2D eigenvalue weighted by Gasteiger charge is 2.25. The van der Waals surface area contributed by atoms with Gasteiger partial charge in [-0.1, -0.05) is 47.6 Å². The Kier molecular flexibility index (Phi) is 4.97. The molecule has 4 rings (SSSR count). The van der Waals surface area contributed by atoms with Crippen molar-refractivity contribution < 1.29 is 9.32 Å². The number of benzene rings is 2. The zero-order valence-electron chi connectivity index (χ0n) is 14.7. The van der Waals surface area contributed by atoms with Crippen molar-refractivity contribution in [3.8, 4) is 0 Å². The second-order valence-corrected chi connectivity index (χ2v) is 6.86. The van der Waals surface area contributed by atoms with E-state index in [1.54, 1.807) is 0 Å². The number of nitrogens with one attached hydrogen (secondary N) is 1. The van der Waals surface area contributed by atoms with Gasteiger partial charge in [0.25, 0.3) is 0 Å². The predicted molar refractivity (Wildman–Crippen MR) is 101 cm³/mol. The van der Waals surface area contributed by atoms with E-state index in [0.29, 0.717) is 18.3 Å². The molecule has 134 valence electrons. The third kappa shape index (κ3) is 3.78. The van der Waals surface area contributed by atoms with Gasteiger partial charge in [-0.15, -0.1) is 0 Å². The summed E-state index contributed by atoms with van der Waals surface area (Å²) in [5.74, 6) is -0.00406. The Bertz CT molecular complexity index is 875. The molecule has 5 nitrogen and oxygen atoms in total. The van der Waals surface area contributed by atoms with E-state index in [4.69, 9.17) is 4.52 Å². The summed E-state index contributed by atoms with van der Waals surface area (Å²) < 4.78 is 5.27. The van der Waals surface area contributed by atoms with Crippen molar-refractivity contribution in [3.63, 3.8) is 0 Å². The van der Waals surface area contributed by atoms with E-state index in [1.807, 2.05) is 30.3 Å². The fourth-order valence-electron chi connectivity index (χ4n) is 3.66. The predicted octanol–water partition coefficient (Wildman–Crippen LogP) is 3.15. The van der Waals surface area contributed by atoms with Crippen molar-refractivity contribution in [3.05, 3.63) is 65.9 Å². The topological polar surface area (TPSA) is 58.4 Å². The highest BCUT2D eigenvalue weighted by molar-refractivity contribution is 5.86. The van der Waals surface area contributed by atoms with Crippen molar-refractivity contribution in [1.29, 1.82) is 0 Å². The molecule has 0 saturated carbocycles. The second-order valence-electron chi connectivity index (χ2n) is 6.86. The number of likely N-dealkylation sites (tertiary alicyclic amines) is 1. The minimum Gasteiger partial charge on any atom is -0.356 e. The van der Waals surface area contributed by atoms with E-state index < -0.39 is 0 Å². The third-order valence-electron chi connectivity index (χ3n) is 5.04. The summed E-state index contributed by atoms with van der Waals surface area (Å²) in [6, 6.07) is 18.5. The number of carbonyl (C=O) groups excluding carboxylic acids is 1. The van der Waals surface area contributed by atoms with Crippen molar-refractivity contribution in [2.75, 3.05) is 13.1 Å². The van der Waals surface area contributed by atoms with E-state index in [2.05, 4.69) is 39.6 Å². The van der Waals surface area contributed by atoms with Crippen molar-refractivity contribution in [2.24, 2.45) is 0 Å². The number of para-hydroxylation sites is 1. The number of nitrogens with zero attached hydrogens (tertiary/aromatic N) is 2. The van der Waals surface area contributed by atoms with Crippen LogP contribution in [0.1, 0.15) is 24.1 Å². The molecule has 0 spiro atoms. The third-order valence-corrected chi connectivity index (χ3v) is 5.04. The van der Waals surface area contributed by atoms with Gasteiger partial charge >= 0.3 is 0 Å². The maximum atomic E-state index is 12.4. The lowest BCUT2D eigenvalue weighted by atomic mass is 10.1. The molecule has 1 aliphatic rings. The van der Waals surface area contributed by atoms with E-state index in [0.717, 1.165) is 30.5 Å².